The number of tetrazole rings is 1. The zero-order valence-electron chi connectivity index (χ0n) is 16.3. The maximum Gasteiger partial charge on any atom is 0.328 e. The maximum atomic E-state index is 13.0. The molecule has 1 amide bonds. The van der Waals surface area contributed by atoms with E-state index >= 15 is 0 Å². The van der Waals surface area contributed by atoms with Gasteiger partial charge in [0.25, 0.3) is 0 Å². The summed E-state index contributed by atoms with van der Waals surface area (Å²) in [5.74, 6) is -0.229. The highest BCUT2D eigenvalue weighted by Crippen LogP contribution is 2.24. The Morgan fingerprint density at radius 2 is 1.83 bits per heavy atom. The number of aromatic nitrogens is 4. The van der Waals surface area contributed by atoms with E-state index in [1.54, 1.807) is 0 Å². The summed E-state index contributed by atoms with van der Waals surface area (Å²) < 4.78 is 4.93. The summed E-state index contributed by atoms with van der Waals surface area (Å²) in [6.07, 6.45) is 0.424. The molecule has 29 heavy (non-hydrogen) atoms. The van der Waals surface area contributed by atoms with Crippen LogP contribution in [0.2, 0.25) is 0 Å². The summed E-state index contributed by atoms with van der Waals surface area (Å²) >= 11 is 0. The number of amides is 1. The first-order valence-corrected chi connectivity index (χ1v) is 9.34. The zero-order chi connectivity index (χ0) is 20.4. The zero-order valence-corrected chi connectivity index (χ0v) is 16.3. The van der Waals surface area contributed by atoms with Crippen molar-refractivity contribution < 1.29 is 14.3 Å². The van der Waals surface area contributed by atoms with Crippen molar-refractivity contribution in [1.29, 1.82) is 0 Å². The minimum absolute atomic E-state index is 0.103. The van der Waals surface area contributed by atoms with Gasteiger partial charge in [-0.3, -0.25) is 4.79 Å². The van der Waals surface area contributed by atoms with E-state index in [-0.39, 0.29) is 12.5 Å². The number of ether oxygens (including phenoxy) is 1. The highest BCUT2D eigenvalue weighted by atomic mass is 16.5. The monoisotopic (exact) mass is 391 g/mol. The molecule has 2 heterocycles. The second-order valence-electron chi connectivity index (χ2n) is 6.99. The fourth-order valence-electron chi connectivity index (χ4n) is 3.59. The van der Waals surface area contributed by atoms with Crippen LogP contribution in [0, 0.1) is 6.92 Å². The SMILES string of the molecule is COC(=O)[C@H]1Cc2ccccc2CN1C(=O)Cn1nnc(-c2ccccc2C)n1. The van der Waals surface area contributed by atoms with Gasteiger partial charge < -0.3 is 9.64 Å². The Morgan fingerprint density at radius 1 is 1.10 bits per heavy atom. The maximum absolute atomic E-state index is 13.0. The topological polar surface area (TPSA) is 90.2 Å². The lowest BCUT2D eigenvalue weighted by Crippen LogP contribution is -2.50. The molecule has 3 aromatic rings. The van der Waals surface area contributed by atoms with Gasteiger partial charge >= 0.3 is 5.97 Å². The molecule has 8 nitrogen and oxygen atoms in total. The molecule has 4 rings (SSSR count). The van der Waals surface area contributed by atoms with Crippen LogP contribution in [-0.4, -0.2) is 50.1 Å². The first kappa shape index (κ1) is 18.8. The van der Waals surface area contributed by atoms with Gasteiger partial charge in [-0.05, 0) is 28.8 Å². The molecular formula is C21H21N5O3. The standard InChI is InChI=1S/C21H21N5O3/c1-14-7-3-6-10-17(14)20-22-24-26(23-20)13-19(27)25-12-16-9-5-4-8-15(16)11-18(25)21(28)29-2/h3-10,18H,11-13H2,1-2H3/t18-/m1/s1. The number of benzene rings is 2. The Hall–Kier alpha value is -3.55. The summed E-state index contributed by atoms with van der Waals surface area (Å²) in [6.45, 7) is 2.20. The highest BCUT2D eigenvalue weighted by molar-refractivity contribution is 5.85. The smallest absolute Gasteiger partial charge is 0.328 e. The van der Waals surface area contributed by atoms with Gasteiger partial charge in [0.2, 0.25) is 11.7 Å². The predicted molar refractivity (Wildman–Crippen MR) is 104 cm³/mol. The molecule has 0 N–H and O–H groups in total. The van der Waals surface area contributed by atoms with Crippen molar-refractivity contribution in [2.45, 2.75) is 32.5 Å². The lowest BCUT2D eigenvalue weighted by Gasteiger charge is -2.35. The van der Waals surface area contributed by atoms with Gasteiger partial charge in [-0.1, -0.05) is 48.5 Å². The Morgan fingerprint density at radius 3 is 2.59 bits per heavy atom. The molecule has 0 fully saturated rings. The molecule has 1 aliphatic rings. The fourth-order valence-corrected chi connectivity index (χ4v) is 3.59. The van der Waals surface area contributed by atoms with Crippen molar-refractivity contribution in [3.63, 3.8) is 0 Å². The minimum atomic E-state index is -0.665. The number of fused-ring (bicyclic) bond motifs is 1. The van der Waals surface area contributed by atoms with Gasteiger partial charge in [-0.15, -0.1) is 10.2 Å². The van der Waals surface area contributed by atoms with Crippen LogP contribution in [0.3, 0.4) is 0 Å². The van der Waals surface area contributed by atoms with Crippen LogP contribution in [0.25, 0.3) is 11.4 Å². The molecule has 8 heteroatoms. The molecule has 1 atom stereocenters. The van der Waals surface area contributed by atoms with E-state index in [0.717, 1.165) is 22.3 Å². The number of rotatable bonds is 4. The van der Waals surface area contributed by atoms with E-state index in [0.29, 0.717) is 18.8 Å². The molecule has 0 bridgehead atoms. The van der Waals surface area contributed by atoms with Gasteiger partial charge in [-0.2, -0.15) is 4.80 Å². The quantitative estimate of drug-likeness (QED) is 0.630. The number of esters is 1. The summed E-state index contributed by atoms with van der Waals surface area (Å²) in [6, 6.07) is 14.8. The number of hydrogen-bond acceptors (Lipinski definition) is 6. The number of methoxy groups -OCH3 is 1. The van der Waals surface area contributed by atoms with Crippen molar-refractivity contribution in [1.82, 2.24) is 25.1 Å². The van der Waals surface area contributed by atoms with E-state index in [2.05, 4.69) is 15.4 Å². The van der Waals surface area contributed by atoms with Crippen molar-refractivity contribution in [2.75, 3.05) is 7.11 Å². The number of hydrogen-bond donors (Lipinski definition) is 0. The Balaban J connectivity index is 1.56. The Bertz CT molecular complexity index is 1060. The molecule has 0 unspecified atom stereocenters. The van der Waals surface area contributed by atoms with Gasteiger partial charge in [0.1, 0.15) is 12.6 Å². The van der Waals surface area contributed by atoms with E-state index in [9.17, 15) is 9.59 Å². The first-order valence-electron chi connectivity index (χ1n) is 9.34. The van der Waals surface area contributed by atoms with Gasteiger partial charge in [0, 0.05) is 18.5 Å². The van der Waals surface area contributed by atoms with Crippen molar-refractivity contribution in [3.05, 3.63) is 65.2 Å². The Labute approximate surface area is 168 Å². The fraction of sp³-hybridized carbons (Fsp3) is 0.286. The number of carbonyl (C=O) groups excluding carboxylic acids is 2. The van der Waals surface area contributed by atoms with Crippen molar-refractivity contribution >= 4 is 11.9 Å². The lowest BCUT2D eigenvalue weighted by molar-refractivity contribution is -0.154. The first-order chi connectivity index (χ1) is 14.1. The van der Waals surface area contributed by atoms with Crippen molar-refractivity contribution in [2.24, 2.45) is 0 Å². The van der Waals surface area contributed by atoms with Crippen molar-refractivity contribution in [3.8, 4) is 11.4 Å². The van der Waals surface area contributed by atoms with Gasteiger partial charge in [0.05, 0.1) is 7.11 Å². The van der Waals surface area contributed by atoms with Crippen LogP contribution in [0.4, 0.5) is 0 Å². The van der Waals surface area contributed by atoms with E-state index in [1.165, 1.54) is 16.8 Å². The summed E-state index contributed by atoms with van der Waals surface area (Å²) in [5.41, 5.74) is 3.96. The molecule has 1 aliphatic heterocycles. The minimum Gasteiger partial charge on any atom is -0.467 e. The molecule has 1 aromatic heterocycles. The van der Waals surface area contributed by atoms with E-state index < -0.39 is 12.0 Å². The lowest BCUT2D eigenvalue weighted by atomic mass is 9.94. The van der Waals surface area contributed by atoms with E-state index in [1.807, 2.05) is 55.5 Å². The summed E-state index contributed by atoms with van der Waals surface area (Å²) in [7, 11) is 1.33. The van der Waals surface area contributed by atoms with Gasteiger partial charge in [0.15, 0.2) is 0 Å². The summed E-state index contributed by atoms with van der Waals surface area (Å²) in [4.78, 5) is 28.1. The third-order valence-electron chi connectivity index (χ3n) is 5.16. The second-order valence-corrected chi connectivity index (χ2v) is 6.99. The van der Waals surface area contributed by atoms with Crippen LogP contribution < -0.4 is 0 Å². The van der Waals surface area contributed by atoms with E-state index in [4.69, 9.17) is 4.74 Å². The predicted octanol–water partition coefficient (Wildman–Crippen LogP) is 1.78. The Kier molecular flexibility index (Phi) is 5.07. The summed E-state index contributed by atoms with van der Waals surface area (Å²) in [5, 5.41) is 12.4. The molecular weight excluding hydrogens is 370 g/mol. The third kappa shape index (κ3) is 3.73. The molecule has 0 aliphatic carbocycles. The van der Waals surface area contributed by atoms with Crippen LogP contribution in [0.5, 0.6) is 0 Å². The molecule has 2 aromatic carbocycles. The largest absolute Gasteiger partial charge is 0.467 e. The molecule has 0 radical (unpaired) electrons. The average Bonchev–Trinajstić information content (AvgIpc) is 3.20. The normalized spacial score (nSPS) is 15.7. The van der Waals surface area contributed by atoms with Gasteiger partial charge in [-0.25, -0.2) is 4.79 Å². The molecule has 0 saturated carbocycles. The van der Waals surface area contributed by atoms with Crippen LogP contribution >= 0.6 is 0 Å². The highest BCUT2D eigenvalue weighted by Gasteiger charge is 2.35. The number of aryl methyl sites for hydroxylation is 1. The van der Waals surface area contributed by atoms with Crippen LogP contribution in [0.15, 0.2) is 48.5 Å². The van der Waals surface area contributed by atoms with Crippen LogP contribution in [0.1, 0.15) is 16.7 Å². The number of carbonyl (C=O) groups is 2. The number of nitrogens with zero attached hydrogens (tertiary/aromatic N) is 5. The third-order valence-corrected chi connectivity index (χ3v) is 5.16. The molecule has 0 spiro atoms. The average molecular weight is 391 g/mol. The molecule has 0 saturated heterocycles. The second kappa shape index (κ2) is 7.83. The molecule has 148 valence electrons. The van der Waals surface area contributed by atoms with Crippen LogP contribution in [-0.2, 0) is 33.8 Å².